The average molecular weight is 296 g/mol. The first kappa shape index (κ1) is 15.9. The maximum atomic E-state index is 10.9. The van der Waals surface area contributed by atoms with Gasteiger partial charge in [-0.2, -0.15) is 0 Å². The Morgan fingerprint density at radius 2 is 1.90 bits per heavy atom. The van der Waals surface area contributed by atoms with E-state index in [2.05, 4.69) is 20.8 Å². The highest BCUT2D eigenvalue weighted by Gasteiger charge is 2.39. The first-order valence-electron chi connectivity index (χ1n) is 7.73. The summed E-state index contributed by atoms with van der Waals surface area (Å²) in [5, 5.41) is 14.0. The lowest BCUT2D eigenvalue weighted by atomic mass is 9.74. The Bertz CT molecular complexity index is 428. The van der Waals surface area contributed by atoms with Crippen LogP contribution >= 0.6 is 11.3 Å². The molecule has 0 bridgehead atoms. The molecule has 1 aliphatic carbocycles. The van der Waals surface area contributed by atoms with Crippen molar-refractivity contribution < 1.29 is 5.11 Å². The molecule has 0 saturated heterocycles. The molecule has 1 fully saturated rings. The lowest BCUT2D eigenvalue weighted by Crippen LogP contribution is -2.36. The highest BCUT2D eigenvalue weighted by molar-refractivity contribution is 7.09. The molecule has 1 atom stereocenters. The second-order valence-electron chi connectivity index (χ2n) is 7.21. The SMILES string of the molecule is CC(C)(C)c1nc(C(O)C2(CN)CCCCCC2)cs1. The van der Waals surface area contributed by atoms with Gasteiger partial charge in [0.2, 0.25) is 0 Å². The monoisotopic (exact) mass is 296 g/mol. The normalized spacial score (nSPS) is 21.4. The van der Waals surface area contributed by atoms with E-state index in [9.17, 15) is 5.11 Å². The summed E-state index contributed by atoms with van der Waals surface area (Å²) in [5.74, 6) is 0. The van der Waals surface area contributed by atoms with Crippen LogP contribution in [0.5, 0.6) is 0 Å². The summed E-state index contributed by atoms with van der Waals surface area (Å²) in [7, 11) is 0. The number of aliphatic hydroxyl groups is 1. The van der Waals surface area contributed by atoms with Crippen molar-refractivity contribution in [1.82, 2.24) is 4.98 Å². The highest BCUT2D eigenvalue weighted by atomic mass is 32.1. The van der Waals surface area contributed by atoms with Gasteiger partial charge >= 0.3 is 0 Å². The Hall–Kier alpha value is -0.450. The summed E-state index contributed by atoms with van der Waals surface area (Å²) in [6.45, 7) is 7.03. The Balaban J connectivity index is 2.23. The summed E-state index contributed by atoms with van der Waals surface area (Å²) in [4.78, 5) is 4.69. The number of thiazole rings is 1. The summed E-state index contributed by atoms with van der Waals surface area (Å²) >= 11 is 1.65. The van der Waals surface area contributed by atoms with Crippen LogP contribution in [0.4, 0.5) is 0 Å². The third kappa shape index (κ3) is 3.23. The van der Waals surface area contributed by atoms with E-state index < -0.39 is 6.10 Å². The van der Waals surface area contributed by atoms with Gasteiger partial charge in [-0.25, -0.2) is 4.98 Å². The van der Waals surface area contributed by atoms with Crippen molar-refractivity contribution in [3.8, 4) is 0 Å². The van der Waals surface area contributed by atoms with Gasteiger partial charge in [0.15, 0.2) is 0 Å². The molecular formula is C16H28N2OS. The van der Waals surface area contributed by atoms with Crippen molar-refractivity contribution in [2.75, 3.05) is 6.54 Å². The van der Waals surface area contributed by atoms with Crippen LogP contribution in [0.25, 0.3) is 0 Å². The maximum absolute atomic E-state index is 10.9. The number of hydrogen-bond acceptors (Lipinski definition) is 4. The minimum Gasteiger partial charge on any atom is -0.386 e. The van der Waals surface area contributed by atoms with Gasteiger partial charge in [0.05, 0.1) is 10.7 Å². The zero-order valence-corrected chi connectivity index (χ0v) is 13.8. The molecule has 1 aromatic rings. The number of rotatable bonds is 3. The second kappa shape index (κ2) is 6.12. The van der Waals surface area contributed by atoms with Crippen LogP contribution in [0.3, 0.4) is 0 Å². The maximum Gasteiger partial charge on any atom is 0.104 e. The Morgan fingerprint density at radius 3 is 2.35 bits per heavy atom. The molecule has 0 aromatic carbocycles. The second-order valence-corrected chi connectivity index (χ2v) is 8.07. The number of nitrogens with two attached hydrogens (primary N) is 1. The molecule has 0 radical (unpaired) electrons. The van der Waals surface area contributed by atoms with Crippen LogP contribution in [-0.2, 0) is 5.41 Å². The van der Waals surface area contributed by atoms with E-state index in [0.29, 0.717) is 6.54 Å². The molecule has 1 heterocycles. The molecule has 4 heteroatoms. The summed E-state index contributed by atoms with van der Waals surface area (Å²) in [6, 6.07) is 0. The van der Waals surface area contributed by atoms with Gasteiger partial charge in [0.1, 0.15) is 6.10 Å². The average Bonchev–Trinajstić information content (AvgIpc) is 2.77. The molecule has 20 heavy (non-hydrogen) atoms. The predicted octanol–water partition coefficient (Wildman–Crippen LogP) is 3.77. The first-order chi connectivity index (χ1) is 9.39. The molecule has 0 aliphatic heterocycles. The fourth-order valence-corrected chi connectivity index (χ4v) is 4.02. The van der Waals surface area contributed by atoms with Crippen LogP contribution in [0.2, 0.25) is 0 Å². The van der Waals surface area contributed by atoms with Gasteiger partial charge in [-0.15, -0.1) is 11.3 Å². The Labute approximate surface area is 126 Å². The lowest BCUT2D eigenvalue weighted by Gasteiger charge is -2.35. The lowest BCUT2D eigenvalue weighted by molar-refractivity contribution is 0.0138. The zero-order chi connectivity index (χ0) is 14.8. The van der Waals surface area contributed by atoms with E-state index in [4.69, 9.17) is 10.7 Å². The number of aliphatic hydroxyl groups excluding tert-OH is 1. The van der Waals surface area contributed by atoms with E-state index in [1.54, 1.807) is 11.3 Å². The fraction of sp³-hybridized carbons (Fsp3) is 0.812. The van der Waals surface area contributed by atoms with Crippen molar-refractivity contribution >= 4 is 11.3 Å². The van der Waals surface area contributed by atoms with Gasteiger partial charge in [-0.3, -0.25) is 0 Å². The molecule has 2 rings (SSSR count). The van der Waals surface area contributed by atoms with Gasteiger partial charge in [0, 0.05) is 22.8 Å². The van der Waals surface area contributed by atoms with Crippen molar-refractivity contribution in [3.05, 3.63) is 16.1 Å². The van der Waals surface area contributed by atoms with Crippen molar-refractivity contribution in [2.45, 2.75) is 70.8 Å². The Morgan fingerprint density at radius 1 is 1.30 bits per heavy atom. The van der Waals surface area contributed by atoms with E-state index >= 15 is 0 Å². The minimum atomic E-state index is -0.516. The van der Waals surface area contributed by atoms with E-state index in [1.807, 2.05) is 5.38 Å². The number of hydrogen-bond donors (Lipinski definition) is 2. The Kier molecular flexibility index (Phi) is 4.88. The van der Waals surface area contributed by atoms with Gasteiger partial charge in [-0.1, -0.05) is 46.5 Å². The largest absolute Gasteiger partial charge is 0.386 e. The first-order valence-corrected chi connectivity index (χ1v) is 8.61. The van der Waals surface area contributed by atoms with Gasteiger partial charge in [0.25, 0.3) is 0 Å². The molecule has 0 spiro atoms. The third-order valence-corrected chi connectivity index (χ3v) is 5.82. The summed E-state index contributed by atoms with van der Waals surface area (Å²) in [5.41, 5.74) is 6.76. The van der Waals surface area contributed by atoms with E-state index in [1.165, 1.54) is 25.7 Å². The van der Waals surface area contributed by atoms with Crippen LogP contribution in [0.15, 0.2) is 5.38 Å². The van der Waals surface area contributed by atoms with Crippen LogP contribution in [-0.4, -0.2) is 16.6 Å². The molecule has 1 aliphatic rings. The molecule has 0 amide bonds. The van der Waals surface area contributed by atoms with Crippen molar-refractivity contribution in [2.24, 2.45) is 11.1 Å². The molecule has 114 valence electrons. The molecule has 1 aromatic heterocycles. The molecule has 1 saturated carbocycles. The van der Waals surface area contributed by atoms with Gasteiger partial charge < -0.3 is 10.8 Å². The highest BCUT2D eigenvalue weighted by Crippen LogP contribution is 2.44. The topological polar surface area (TPSA) is 59.1 Å². The summed E-state index contributed by atoms with van der Waals surface area (Å²) in [6.07, 6.45) is 6.39. The third-order valence-electron chi connectivity index (χ3n) is 4.53. The fourth-order valence-electron chi connectivity index (χ4n) is 3.09. The molecule has 3 nitrogen and oxygen atoms in total. The van der Waals surface area contributed by atoms with E-state index in [0.717, 1.165) is 23.5 Å². The van der Waals surface area contributed by atoms with Gasteiger partial charge in [-0.05, 0) is 12.8 Å². The minimum absolute atomic E-state index is 0.0436. The quantitative estimate of drug-likeness (QED) is 0.835. The number of aromatic nitrogens is 1. The zero-order valence-electron chi connectivity index (χ0n) is 13.0. The van der Waals surface area contributed by atoms with Crippen molar-refractivity contribution in [1.29, 1.82) is 0 Å². The van der Waals surface area contributed by atoms with Crippen LogP contribution in [0.1, 0.15) is 76.1 Å². The predicted molar refractivity (Wildman–Crippen MR) is 85.0 cm³/mol. The standard InChI is InChI=1S/C16H28N2OS/c1-15(2,3)14-18-12(10-20-14)13(19)16(11-17)8-6-4-5-7-9-16/h10,13,19H,4-9,11,17H2,1-3H3. The summed E-state index contributed by atoms with van der Waals surface area (Å²) < 4.78 is 0. The number of nitrogens with zero attached hydrogens (tertiary/aromatic N) is 1. The smallest absolute Gasteiger partial charge is 0.104 e. The van der Waals surface area contributed by atoms with Crippen molar-refractivity contribution in [3.63, 3.8) is 0 Å². The van der Waals surface area contributed by atoms with E-state index in [-0.39, 0.29) is 10.8 Å². The molecule has 1 unspecified atom stereocenters. The molecule has 3 N–H and O–H groups in total. The van der Waals surface area contributed by atoms with Crippen LogP contribution < -0.4 is 5.73 Å². The van der Waals surface area contributed by atoms with Crippen LogP contribution in [0, 0.1) is 5.41 Å². The molecular weight excluding hydrogens is 268 g/mol.